The lowest BCUT2D eigenvalue weighted by molar-refractivity contribution is -0.127. The highest BCUT2D eigenvalue weighted by Crippen LogP contribution is 2.37. The van der Waals surface area contributed by atoms with Gasteiger partial charge in [0.05, 0.1) is 5.48 Å². The fourth-order valence-electron chi connectivity index (χ4n) is 1.54. The zero-order chi connectivity index (χ0) is 22.0. The van der Waals surface area contributed by atoms with Crippen LogP contribution in [0.25, 0.3) is 0 Å². The summed E-state index contributed by atoms with van der Waals surface area (Å²) >= 11 is 6.04. The molecule has 3 heteroatoms. The number of hydrogen-bond donors (Lipinski definition) is 1. The molecule has 0 aromatic heterocycles. The summed E-state index contributed by atoms with van der Waals surface area (Å²) in [5.74, 6) is -1.51. The molecule has 1 aromatic carbocycles. The molecule has 16 heavy (non-hydrogen) atoms. The molecule has 2 rings (SSSR count). The third kappa shape index (κ3) is 1.76. The van der Waals surface area contributed by atoms with Crippen molar-refractivity contribution < 1.29 is 21.3 Å². The minimum atomic E-state index is -3.35. The number of hydrogen-bond acceptors (Lipinski definition) is 2. The third-order valence-corrected chi connectivity index (χ3v) is 2.66. The predicted octanol–water partition coefficient (Wildman–Crippen LogP) is 2.90. The molecule has 0 spiro atoms. The van der Waals surface area contributed by atoms with E-state index in [1.165, 1.54) is 0 Å². The quantitative estimate of drug-likeness (QED) is 0.873. The third-order valence-electron chi connectivity index (χ3n) is 2.38. The van der Waals surface area contributed by atoms with Gasteiger partial charge in [-0.15, -0.1) is 0 Å². The summed E-state index contributed by atoms with van der Waals surface area (Å²) in [6.07, 6.45) is -7.31. The average molecular weight is 250 g/mol. The van der Waals surface area contributed by atoms with Gasteiger partial charge in [-0.25, -0.2) is 0 Å². The molecule has 1 atom stereocenters. The van der Waals surface area contributed by atoms with Gasteiger partial charge >= 0.3 is 0 Å². The fourth-order valence-corrected chi connectivity index (χ4v) is 1.79. The normalized spacial score (nSPS) is 44.0. The summed E-state index contributed by atoms with van der Waals surface area (Å²) in [5.41, 5.74) is -3.73. The summed E-state index contributed by atoms with van der Waals surface area (Å²) in [7, 11) is 0. The smallest absolute Gasteiger partial charge is 0.157 e. The summed E-state index contributed by atoms with van der Waals surface area (Å²) in [5, 5.41) is -1.05. The molecule has 1 aromatic rings. The van der Waals surface area contributed by atoms with Gasteiger partial charge < -0.3 is 5.31 Å². The molecular formula is C13H16ClNO. The first-order valence-electron chi connectivity index (χ1n) is 10.5. The first-order chi connectivity index (χ1) is 12.4. The molecular weight excluding hydrogens is 222 g/mol. The summed E-state index contributed by atoms with van der Waals surface area (Å²) in [6, 6.07) is -3.39. The Morgan fingerprint density at radius 1 is 1.69 bits per heavy atom. The minimum absolute atomic E-state index is 0.279. The van der Waals surface area contributed by atoms with Crippen LogP contribution in [-0.4, -0.2) is 12.8 Å². The van der Waals surface area contributed by atoms with Crippen molar-refractivity contribution in [1.82, 2.24) is 5.31 Å². The number of carbonyl (C=O) groups excluding carboxylic acids is 1. The van der Waals surface area contributed by atoms with E-state index in [0.717, 1.165) is 0 Å². The second-order valence-corrected chi connectivity index (χ2v) is 3.65. The van der Waals surface area contributed by atoms with E-state index in [4.69, 9.17) is 28.1 Å². The van der Waals surface area contributed by atoms with Gasteiger partial charge in [-0.1, -0.05) is 36.1 Å². The number of ketones is 1. The lowest BCUT2D eigenvalue weighted by Gasteiger charge is -2.36. The highest BCUT2D eigenvalue weighted by molar-refractivity contribution is 6.31. The number of Topliss-reactive ketones (excluding diaryl/α,β-unsaturated/α-hetero) is 1. The molecule has 1 N–H and O–H groups in total. The van der Waals surface area contributed by atoms with Crippen LogP contribution in [0.4, 0.5) is 0 Å². The van der Waals surface area contributed by atoms with E-state index >= 15 is 0 Å². The van der Waals surface area contributed by atoms with E-state index in [0.29, 0.717) is 0 Å². The average Bonchev–Trinajstić information content (AvgIpc) is 2.53. The van der Waals surface area contributed by atoms with Crippen LogP contribution in [0.2, 0.25) is 6.43 Å². The van der Waals surface area contributed by atoms with Crippen LogP contribution >= 0.6 is 11.6 Å². The second kappa shape index (κ2) is 4.56. The van der Waals surface area contributed by atoms with Crippen LogP contribution in [0, 0.1) is 0 Å². The van der Waals surface area contributed by atoms with Crippen molar-refractivity contribution in [2.45, 2.75) is 31.1 Å². The minimum Gasteiger partial charge on any atom is -0.304 e. The van der Waals surface area contributed by atoms with E-state index in [9.17, 15) is 4.79 Å². The molecule has 0 heterocycles. The molecule has 1 aliphatic carbocycles. The first kappa shape index (κ1) is 3.82. The largest absolute Gasteiger partial charge is 0.304 e. The standard InChI is InChI=1S/C13H16ClNO/c1-15-13(9-5-4-8-12(13)16)10-6-2-3-7-11(10)14/h2-3,6-7,15H,4-5,8-9H2,1H3/i1D3,2D,3D,5D2,6D,7D,8D2/hD. The van der Waals surface area contributed by atoms with Crippen LogP contribution in [-0.2, 0) is 10.3 Å². The monoisotopic (exact) mass is 249 g/mol. The van der Waals surface area contributed by atoms with Crippen molar-refractivity contribution in [2.24, 2.45) is 0 Å². The van der Waals surface area contributed by atoms with Crippen LogP contribution < -0.4 is 5.31 Å². The number of benzene rings is 1. The Balaban J connectivity index is 3.05. The van der Waals surface area contributed by atoms with Crippen molar-refractivity contribution in [3.8, 4) is 0 Å². The Bertz CT molecular complexity index is 809. The zero-order valence-corrected chi connectivity index (χ0v) is 8.90. The maximum atomic E-state index is 13.1. The number of likely N-dealkylation sites (N-methyl/N-ethyl adjacent to an activating group) is 1. The maximum absolute atomic E-state index is 13.1. The Labute approximate surface area is 118 Å². The van der Waals surface area contributed by atoms with Gasteiger partial charge in [-0.2, -0.15) is 0 Å². The van der Waals surface area contributed by atoms with Crippen LogP contribution in [0.3, 0.4) is 0 Å². The number of carbonyl (C=O) groups is 1. The van der Waals surface area contributed by atoms with E-state index in [2.05, 4.69) is 0 Å². The summed E-state index contributed by atoms with van der Waals surface area (Å²) in [6.45, 7) is -3.35. The SMILES string of the molecule is [2H]c1c([2H])c([2H])c(C2(N([2H])C([2H])([2H])[2H])CC([2H])([2H])CC([2H])([2H])C2=O)c(Cl)c1[2H]. The van der Waals surface area contributed by atoms with Crippen LogP contribution in [0.1, 0.15) is 46.2 Å². The van der Waals surface area contributed by atoms with Gasteiger partial charge in [0, 0.05) is 21.0 Å². The first-order valence-corrected chi connectivity index (χ1v) is 4.88. The number of nitrogens with one attached hydrogen (secondary N) is 1. The zero-order valence-electron chi connectivity index (χ0n) is 20.1. The Morgan fingerprint density at radius 3 is 3.31 bits per heavy atom. The van der Waals surface area contributed by atoms with E-state index < -0.39 is 78.6 Å². The molecule has 0 radical (unpaired) electrons. The number of rotatable bonds is 2. The topological polar surface area (TPSA) is 29.1 Å². The Hall–Kier alpha value is -0.860. The number of halogens is 1. The predicted molar refractivity (Wildman–Crippen MR) is 65.7 cm³/mol. The van der Waals surface area contributed by atoms with Crippen LogP contribution in [0.5, 0.6) is 0 Å². The van der Waals surface area contributed by atoms with E-state index in [-0.39, 0.29) is 5.31 Å². The highest BCUT2D eigenvalue weighted by atomic mass is 35.5. The van der Waals surface area contributed by atoms with Gasteiger partial charge in [0.25, 0.3) is 0 Å². The molecule has 1 saturated carbocycles. The highest BCUT2D eigenvalue weighted by Gasteiger charge is 2.40. The fraction of sp³-hybridized carbons (Fsp3) is 0.462. The Kier molecular flexibility index (Phi) is 1.09. The van der Waals surface area contributed by atoms with Gasteiger partial charge in [-0.05, 0) is 31.4 Å². The molecule has 0 amide bonds. The molecule has 0 saturated heterocycles. The van der Waals surface area contributed by atoms with Crippen molar-refractivity contribution in [3.63, 3.8) is 0 Å². The lowest BCUT2D eigenvalue weighted by atomic mass is 9.75. The molecule has 1 fully saturated rings. The molecule has 1 aliphatic rings. The molecule has 0 aliphatic heterocycles. The van der Waals surface area contributed by atoms with Gasteiger partial charge in [0.1, 0.15) is 6.95 Å². The van der Waals surface area contributed by atoms with E-state index in [1.807, 2.05) is 0 Å². The van der Waals surface area contributed by atoms with Gasteiger partial charge in [-0.3, -0.25) is 4.79 Å². The van der Waals surface area contributed by atoms with Crippen molar-refractivity contribution in [3.05, 3.63) is 34.8 Å². The van der Waals surface area contributed by atoms with Gasteiger partial charge in [0.15, 0.2) is 5.78 Å². The lowest BCUT2D eigenvalue weighted by Crippen LogP contribution is -2.49. The van der Waals surface area contributed by atoms with E-state index in [1.54, 1.807) is 0 Å². The van der Waals surface area contributed by atoms with Crippen molar-refractivity contribution >= 4 is 17.4 Å². The second-order valence-electron chi connectivity index (χ2n) is 3.27. The molecule has 1 unspecified atom stereocenters. The summed E-state index contributed by atoms with van der Waals surface area (Å²) < 4.78 is 94.0. The van der Waals surface area contributed by atoms with Crippen molar-refractivity contribution in [2.75, 3.05) is 6.98 Å². The van der Waals surface area contributed by atoms with Crippen molar-refractivity contribution in [1.29, 1.82) is 0 Å². The van der Waals surface area contributed by atoms with Crippen LogP contribution in [0.15, 0.2) is 24.2 Å². The maximum Gasteiger partial charge on any atom is 0.157 e. The van der Waals surface area contributed by atoms with Gasteiger partial charge in [0.2, 0.25) is 0 Å². The molecule has 86 valence electrons. The summed E-state index contributed by atoms with van der Waals surface area (Å²) in [4.78, 5) is 13.1. The Morgan fingerprint density at radius 2 is 2.50 bits per heavy atom. The molecule has 0 bridgehead atoms. The molecule has 2 nitrogen and oxygen atoms in total.